The van der Waals surface area contributed by atoms with Gasteiger partial charge in [0.1, 0.15) is 23.2 Å². The molecule has 1 heterocycles. The molecule has 1 aromatic carbocycles. The van der Waals surface area contributed by atoms with Crippen molar-refractivity contribution in [1.29, 1.82) is 5.41 Å². The van der Waals surface area contributed by atoms with Crippen molar-refractivity contribution in [3.05, 3.63) is 58.4 Å². The van der Waals surface area contributed by atoms with Crippen molar-refractivity contribution in [2.45, 2.75) is 19.6 Å². The number of hydrogen-bond acceptors (Lipinski definition) is 3. The monoisotopic (exact) mass is 323 g/mol. The van der Waals surface area contributed by atoms with Crippen LogP contribution < -0.4 is 16.0 Å². The van der Waals surface area contributed by atoms with E-state index in [2.05, 4.69) is 0 Å². The maximum absolute atomic E-state index is 13.1. The van der Waals surface area contributed by atoms with Gasteiger partial charge < -0.3 is 15.0 Å². The molecule has 0 saturated heterocycles. The molecule has 1 aromatic heterocycles. The predicted octanol–water partition coefficient (Wildman–Crippen LogP) is 2.33. The van der Waals surface area contributed by atoms with Crippen molar-refractivity contribution in [3.8, 4) is 5.75 Å². The number of ether oxygens (including phenoxy) is 1. The Bertz CT molecular complexity index is 761. The predicted molar refractivity (Wildman–Crippen MR) is 80.3 cm³/mol. The molecule has 116 valence electrons. The largest absolute Gasteiger partial charge is 0.489 e. The number of halogens is 2. The Morgan fingerprint density at radius 2 is 2.23 bits per heavy atom. The molecule has 0 bridgehead atoms. The van der Waals surface area contributed by atoms with Gasteiger partial charge in [-0.05, 0) is 25.1 Å². The van der Waals surface area contributed by atoms with Crippen LogP contribution in [0.25, 0.3) is 0 Å². The molecule has 1 unspecified atom stereocenters. The van der Waals surface area contributed by atoms with Crippen LogP contribution in [0.4, 0.5) is 4.39 Å². The number of benzene rings is 1. The summed E-state index contributed by atoms with van der Waals surface area (Å²) in [5.41, 5.74) is 5.20. The average Bonchev–Trinajstić information content (AvgIpc) is 2.42. The van der Waals surface area contributed by atoms with Crippen LogP contribution in [-0.2, 0) is 6.54 Å². The molecule has 7 heteroatoms. The van der Waals surface area contributed by atoms with E-state index in [9.17, 15) is 9.18 Å². The van der Waals surface area contributed by atoms with Crippen molar-refractivity contribution in [3.63, 3.8) is 0 Å². The number of nitrogens with two attached hydrogens (primary N) is 1. The molecule has 0 fully saturated rings. The van der Waals surface area contributed by atoms with Crippen LogP contribution in [0.1, 0.15) is 17.3 Å². The normalized spacial score (nSPS) is 12.0. The summed E-state index contributed by atoms with van der Waals surface area (Å²) in [6, 6.07) is 7.13. The van der Waals surface area contributed by atoms with Crippen molar-refractivity contribution < 1.29 is 13.9 Å². The lowest BCUT2D eigenvalue weighted by Gasteiger charge is -2.17. The Kier molecular flexibility index (Phi) is 4.82. The fraction of sp³-hybridized carbons (Fsp3) is 0.200. The molecule has 1 amide bonds. The van der Waals surface area contributed by atoms with Gasteiger partial charge in [-0.25, -0.2) is 4.39 Å². The molecule has 1 atom stereocenters. The van der Waals surface area contributed by atoms with Crippen molar-refractivity contribution in [2.75, 3.05) is 0 Å². The Morgan fingerprint density at radius 3 is 2.86 bits per heavy atom. The molecule has 0 spiro atoms. The minimum absolute atomic E-state index is 0.0328. The van der Waals surface area contributed by atoms with E-state index in [0.717, 1.165) is 0 Å². The van der Waals surface area contributed by atoms with Crippen LogP contribution in [-0.4, -0.2) is 16.6 Å². The number of nitrogens with one attached hydrogen (secondary N) is 1. The molecule has 5 nitrogen and oxygen atoms in total. The summed E-state index contributed by atoms with van der Waals surface area (Å²) in [6.45, 7) is 2.03. The molecule has 2 aromatic rings. The number of hydrogen-bond donors (Lipinski definition) is 2. The third kappa shape index (κ3) is 3.85. The number of carbonyl (C=O) groups excluding carboxylic acids is 1. The Labute approximate surface area is 131 Å². The highest BCUT2D eigenvalue weighted by atomic mass is 35.5. The lowest BCUT2D eigenvalue weighted by atomic mass is 10.2. The van der Waals surface area contributed by atoms with Gasteiger partial charge in [-0.15, -0.1) is 0 Å². The number of aromatic nitrogens is 1. The van der Waals surface area contributed by atoms with Gasteiger partial charge in [0, 0.05) is 12.3 Å². The summed E-state index contributed by atoms with van der Waals surface area (Å²) < 4.78 is 20.2. The molecular weight excluding hydrogens is 309 g/mol. The Morgan fingerprint density at radius 1 is 1.50 bits per heavy atom. The average molecular weight is 324 g/mol. The number of primary amides is 1. The number of carbonyl (C=O) groups is 1. The highest BCUT2D eigenvalue weighted by Gasteiger charge is 2.11. The maximum Gasteiger partial charge on any atom is 0.252 e. The van der Waals surface area contributed by atoms with E-state index in [4.69, 9.17) is 27.5 Å². The fourth-order valence-corrected chi connectivity index (χ4v) is 2.26. The Balaban J connectivity index is 2.20. The summed E-state index contributed by atoms with van der Waals surface area (Å²) in [7, 11) is 0. The van der Waals surface area contributed by atoms with E-state index in [1.54, 1.807) is 19.1 Å². The summed E-state index contributed by atoms with van der Waals surface area (Å²) in [6.07, 6.45) is 1.15. The first-order valence-corrected chi connectivity index (χ1v) is 6.91. The van der Waals surface area contributed by atoms with Gasteiger partial charge in [-0.2, -0.15) is 0 Å². The van der Waals surface area contributed by atoms with E-state index >= 15 is 0 Å². The Hall–Kier alpha value is -2.34. The van der Waals surface area contributed by atoms with Gasteiger partial charge in [0.15, 0.2) is 0 Å². The van der Waals surface area contributed by atoms with Gasteiger partial charge in [-0.1, -0.05) is 17.7 Å². The molecular formula is C15H15ClFN3O2. The molecule has 0 radical (unpaired) electrons. The summed E-state index contributed by atoms with van der Waals surface area (Å²) in [4.78, 5) is 11.3. The summed E-state index contributed by atoms with van der Waals surface area (Å²) >= 11 is 5.93. The summed E-state index contributed by atoms with van der Waals surface area (Å²) in [5, 5.41) is 8.26. The quantitative estimate of drug-likeness (QED) is 0.885. The van der Waals surface area contributed by atoms with Crippen LogP contribution in [0, 0.1) is 11.2 Å². The zero-order chi connectivity index (χ0) is 16.3. The SMILES string of the molecule is CC(Cn1cc(Cl)cc(C(N)=O)c1=N)Oc1cccc(F)c1. The van der Waals surface area contributed by atoms with E-state index < -0.39 is 11.7 Å². The van der Waals surface area contributed by atoms with Gasteiger partial charge >= 0.3 is 0 Å². The van der Waals surface area contributed by atoms with E-state index in [1.165, 1.54) is 29.0 Å². The number of pyridine rings is 1. The third-order valence-electron chi connectivity index (χ3n) is 2.96. The smallest absolute Gasteiger partial charge is 0.252 e. The van der Waals surface area contributed by atoms with Crippen molar-refractivity contribution in [1.82, 2.24) is 4.57 Å². The minimum atomic E-state index is -0.722. The highest BCUT2D eigenvalue weighted by Crippen LogP contribution is 2.15. The van der Waals surface area contributed by atoms with Crippen LogP contribution in [0.15, 0.2) is 36.5 Å². The molecule has 2 rings (SSSR count). The molecule has 22 heavy (non-hydrogen) atoms. The van der Waals surface area contributed by atoms with Gasteiger partial charge in [0.2, 0.25) is 0 Å². The second-order valence-corrected chi connectivity index (χ2v) is 5.26. The van der Waals surface area contributed by atoms with Crippen LogP contribution >= 0.6 is 11.6 Å². The zero-order valence-corrected chi connectivity index (χ0v) is 12.6. The van der Waals surface area contributed by atoms with Crippen molar-refractivity contribution in [2.24, 2.45) is 5.73 Å². The highest BCUT2D eigenvalue weighted by molar-refractivity contribution is 6.30. The fourth-order valence-electron chi connectivity index (χ4n) is 2.03. The minimum Gasteiger partial charge on any atom is -0.489 e. The lowest BCUT2D eigenvalue weighted by molar-refractivity contribution is 0.0997. The van der Waals surface area contributed by atoms with Crippen LogP contribution in [0.2, 0.25) is 5.02 Å². The van der Waals surface area contributed by atoms with Crippen molar-refractivity contribution >= 4 is 17.5 Å². The van der Waals surface area contributed by atoms with E-state index in [1.807, 2.05) is 0 Å². The first-order valence-electron chi connectivity index (χ1n) is 6.53. The second-order valence-electron chi connectivity index (χ2n) is 4.82. The van der Waals surface area contributed by atoms with E-state index in [0.29, 0.717) is 10.8 Å². The molecule has 0 aliphatic rings. The lowest BCUT2D eigenvalue weighted by Crippen LogP contribution is -2.33. The molecule has 3 N–H and O–H groups in total. The number of rotatable bonds is 5. The molecule has 0 aliphatic carbocycles. The summed E-state index contributed by atoms with van der Waals surface area (Å²) in [5.74, 6) is -0.728. The van der Waals surface area contributed by atoms with Gasteiger partial charge in [0.05, 0.1) is 17.1 Å². The molecule has 0 saturated carbocycles. The van der Waals surface area contributed by atoms with E-state index in [-0.39, 0.29) is 23.7 Å². The van der Waals surface area contributed by atoms with Crippen LogP contribution in [0.3, 0.4) is 0 Å². The molecule has 0 aliphatic heterocycles. The number of amides is 1. The first kappa shape index (κ1) is 16.0. The van der Waals surface area contributed by atoms with Crippen LogP contribution in [0.5, 0.6) is 5.75 Å². The maximum atomic E-state index is 13.1. The standard InChI is InChI=1S/C15H15ClFN3O2/c1-9(22-12-4-2-3-11(17)6-12)7-20-8-10(16)5-13(14(20)18)15(19)21/h2-6,8-9,18H,7H2,1H3,(H2,19,21). The zero-order valence-electron chi connectivity index (χ0n) is 11.8. The third-order valence-corrected chi connectivity index (χ3v) is 3.16. The van der Waals surface area contributed by atoms with Gasteiger partial charge in [0.25, 0.3) is 5.91 Å². The topological polar surface area (TPSA) is 81.1 Å². The second kappa shape index (κ2) is 6.62. The first-order chi connectivity index (χ1) is 10.4. The van der Waals surface area contributed by atoms with Gasteiger partial charge in [-0.3, -0.25) is 10.2 Å². The number of nitrogens with zero attached hydrogens (tertiary/aromatic N) is 1.